The van der Waals surface area contributed by atoms with Crippen molar-refractivity contribution >= 4 is 0 Å². The van der Waals surface area contributed by atoms with Gasteiger partial charge in [0, 0.05) is 18.7 Å². The van der Waals surface area contributed by atoms with E-state index in [9.17, 15) is 0 Å². The average molecular weight is 217 g/mol. The van der Waals surface area contributed by atoms with Gasteiger partial charge >= 0.3 is 0 Å². The quantitative estimate of drug-likeness (QED) is 0.840. The van der Waals surface area contributed by atoms with Crippen LogP contribution in [-0.2, 0) is 4.74 Å². The third kappa shape index (κ3) is 2.00. The predicted molar refractivity (Wildman–Crippen MR) is 64.3 cm³/mol. The molecule has 0 amide bonds. The van der Waals surface area contributed by atoms with Crippen LogP contribution < -0.4 is 5.32 Å². The summed E-state index contributed by atoms with van der Waals surface area (Å²) in [6.07, 6.45) is 5.50. The molecule has 1 aromatic rings. The highest BCUT2D eigenvalue weighted by Gasteiger charge is 2.32. The lowest BCUT2D eigenvalue weighted by Gasteiger charge is -2.31. The summed E-state index contributed by atoms with van der Waals surface area (Å²) in [5.74, 6) is 0. The van der Waals surface area contributed by atoms with Gasteiger partial charge in [-0.2, -0.15) is 0 Å². The lowest BCUT2D eigenvalue weighted by Crippen LogP contribution is -2.43. The summed E-state index contributed by atoms with van der Waals surface area (Å²) in [7, 11) is 0. The first-order valence-corrected chi connectivity index (χ1v) is 6.36. The van der Waals surface area contributed by atoms with Gasteiger partial charge in [-0.05, 0) is 24.8 Å². The van der Waals surface area contributed by atoms with Crippen molar-refractivity contribution < 1.29 is 4.74 Å². The molecule has 2 unspecified atom stereocenters. The number of hydrogen-bond donors (Lipinski definition) is 1. The van der Waals surface area contributed by atoms with Crippen LogP contribution in [-0.4, -0.2) is 18.7 Å². The van der Waals surface area contributed by atoms with E-state index in [4.69, 9.17) is 4.74 Å². The molecule has 1 saturated carbocycles. The van der Waals surface area contributed by atoms with Crippen molar-refractivity contribution in [2.45, 2.75) is 43.9 Å². The molecule has 1 heterocycles. The summed E-state index contributed by atoms with van der Waals surface area (Å²) >= 11 is 0. The molecule has 0 spiro atoms. The van der Waals surface area contributed by atoms with Crippen molar-refractivity contribution in [3.63, 3.8) is 0 Å². The fourth-order valence-electron chi connectivity index (χ4n) is 2.61. The van der Waals surface area contributed by atoms with Gasteiger partial charge in [-0.15, -0.1) is 0 Å². The third-order valence-corrected chi connectivity index (χ3v) is 3.77. The third-order valence-electron chi connectivity index (χ3n) is 3.77. The summed E-state index contributed by atoms with van der Waals surface area (Å²) in [4.78, 5) is 0. The molecular weight excluding hydrogens is 198 g/mol. The molecule has 2 atom stereocenters. The Kier molecular flexibility index (Phi) is 2.94. The van der Waals surface area contributed by atoms with E-state index in [-0.39, 0.29) is 6.10 Å². The number of rotatable bonds is 3. The van der Waals surface area contributed by atoms with E-state index in [2.05, 4.69) is 35.6 Å². The molecule has 1 N–H and O–H groups in total. The molecule has 0 bridgehead atoms. The molecule has 2 heteroatoms. The van der Waals surface area contributed by atoms with Crippen LogP contribution in [0.3, 0.4) is 0 Å². The van der Waals surface area contributed by atoms with E-state index in [1.165, 1.54) is 24.8 Å². The van der Waals surface area contributed by atoms with Crippen LogP contribution >= 0.6 is 0 Å². The van der Waals surface area contributed by atoms with Crippen molar-refractivity contribution in [3.8, 4) is 0 Å². The van der Waals surface area contributed by atoms with Crippen molar-refractivity contribution in [1.82, 2.24) is 5.32 Å². The Morgan fingerprint density at radius 1 is 1.06 bits per heavy atom. The maximum Gasteiger partial charge on any atom is 0.0978 e. The number of benzene rings is 1. The molecule has 86 valence electrons. The zero-order chi connectivity index (χ0) is 10.8. The van der Waals surface area contributed by atoms with Gasteiger partial charge in [0.25, 0.3) is 0 Å². The summed E-state index contributed by atoms with van der Waals surface area (Å²) in [5.41, 5.74) is 1.32. The van der Waals surface area contributed by atoms with Gasteiger partial charge in [0.2, 0.25) is 0 Å². The van der Waals surface area contributed by atoms with Gasteiger partial charge in [0.1, 0.15) is 0 Å². The van der Waals surface area contributed by atoms with Gasteiger partial charge in [0.15, 0.2) is 0 Å². The maximum absolute atomic E-state index is 5.86. The first-order valence-electron chi connectivity index (χ1n) is 6.36. The topological polar surface area (TPSA) is 21.3 Å². The van der Waals surface area contributed by atoms with Crippen molar-refractivity contribution in [2.75, 3.05) is 6.61 Å². The van der Waals surface area contributed by atoms with Crippen LogP contribution in [0.2, 0.25) is 0 Å². The van der Waals surface area contributed by atoms with Gasteiger partial charge < -0.3 is 10.1 Å². The van der Waals surface area contributed by atoms with Crippen LogP contribution in [0.15, 0.2) is 30.3 Å². The average Bonchev–Trinajstić information content (AvgIpc) is 2.73. The van der Waals surface area contributed by atoms with Crippen molar-refractivity contribution in [1.29, 1.82) is 0 Å². The molecule has 3 rings (SSSR count). The molecule has 2 aliphatic rings. The highest BCUT2D eigenvalue weighted by molar-refractivity contribution is 5.20. The second-order valence-corrected chi connectivity index (χ2v) is 4.89. The van der Waals surface area contributed by atoms with E-state index in [1.807, 2.05) is 0 Å². The standard InChI is InChI=1S/C14H19NO/c1-2-5-11(6-3-1)14-13(9-10-16-14)15-12-7-4-8-12/h1-3,5-6,12-15H,4,7-10H2. The Morgan fingerprint density at radius 2 is 1.88 bits per heavy atom. The number of nitrogens with one attached hydrogen (secondary N) is 1. The first kappa shape index (κ1) is 10.3. The highest BCUT2D eigenvalue weighted by Crippen LogP contribution is 2.31. The van der Waals surface area contributed by atoms with Crippen LogP contribution in [0.4, 0.5) is 0 Å². The van der Waals surface area contributed by atoms with E-state index in [1.54, 1.807) is 0 Å². The summed E-state index contributed by atoms with van der Waals surface area (Å²) in [6.45, 7) is 0.893. The smallest absolute Gasteiger partial charge is 0.0978 e. The lowest BCUT2D eigenvalue weighted by molar-refractivity contribution is 0.0932. The number of hydrogen-bond acceptors (Lipinski definition) is 2. The summed E-state index contributed by atoms with van der Waals surface area (Å²) < 4.78 is 5.86. The van der Waals surface area contributed by atoms with Gasteiger partial charge in [-0.3, -0.25) is 0 Å². The zero-order valence-electron chi connectivity index (χ0n) is 9.56. The van der Waals surface area contributed by atoms with Crippen LogP contribution in [0.5, 0.6) is 0 Å². The Bertz CT molecular complexity index is 334. The van der Waals surface area contributed by atoms with Gasteiger partial charge in [-0.25, -0.2) is 0 Å². The Balaban J connectivity index is 1.68. The van der Waals surface area contributed by atoms with Gasteiger partial charge in [0.05, 0.1) is 6.10 Å². The predicted octanol–water partition coefficient (Wildman–Crippen LogP) is 2.66. The van der Waals surface area contributed by atoms with Crippen molar-refractivity contribution in [2.24, 2.45) is 0 Å². The van der Waals surface area contributed by atoms with E-state index < -0.39 is 0 Å². The Morgan fingerprint density at radius 3 is 2.56 bits per heavy atom. The maximum atomic E-state index is 5.86. The summed E-state index contributed by atoms with van der Waals surface area (Å²) in [6, 6.07) is 11.9. The molecule has 0 radical (unpaired) electrons. The molecule has 2 fully saturated rings. The molecule has 2 nitrogen and oxygen atoms in total. The second-order valence-electron chi connectivity index (χ2n) is 4.89. The second kappa shape index (κ2) is 4.56. The van der Waals surface area contributed by atoms with Crippen LogP contribution in [0, 0.1) is 0 Å². The molecular formula is C14H19NO. The minimum atomic E-state index is 0.266. The Labute approximate surface area is 97.0 Å². The van der Waals surface area contributed by atoms with Crippen LogP contribution in [0.1, 0.15) is 37.4 Å². The van der Waals surface area contributed by atoms with E-state index in [0.29, 0.717) is 6.04 Å². The fourth-order valence-corrected chi connectivity index (χ4v) is 2.61. The molecule has 0 aromatic heterocycles. The molecule has 16 heavy (non-hydrogen) atoms. The zero-order valence-corrected chi connectivity index (χ0v) is 9.56. The highest BCUT2D eigenvalue weighted by atomic mass is 16.5. The molecule has 1 saturated heterocycles. The lowest BCUT2D eigenvalue weighted by atomic mass is 9.91. The van der Waals surface area contributed by atoms with Crippen LogP contribution in [0.25, 0.3) is 0 Å². The monoisotopic (exact) mass is 217 g/mol. The SMILES string of the molecule is c1ccc(C2OCCC2NC2CCC2)cc1. The van der Waals surface area contributed by atoms with Gasteiger partial charge in [-0.1, -0.05) is 36.8 Å². The van der Waals surface area contributed by atoms with E-state index in [0.717, 1.165) is 19.1 Å². The fraction of sp³-hybridized carbons (Fsp3) is 0.571. The van der Waals surface area contributed by atoms with E-state index >= 15 is 0 Å². The summed E-state index contributed by atoms with van der Waals surface area (Å²) in [5, 5.41) is 3.74. The first-order chi connectivity index (χ1) is 7.93. The minimum absolute atomic E-state index is 0.266. The molecule has 1 aliphatic heterocycles. The minimum Gasteiger partial charge on any atom is -0.372 e. The Hall–Kier alpha value is -0.860. The normalized spacial score (nSPS) is 30.2. The largest absolute Gasteiger partial charge is 0.372 e. The number of ether oxygens (including phenoxy) is 1. The van der Waals surface area contributed by atoms with Crippen molar-refractivity contribution in [3.05, 3.63) is 35.9 Å². The molecule has 1 aromatic carbocycles. The molecule has 1 aliphatic carbocycles.